The quantitative estimate of drug-likeness (QED) is 0.152. The van der Waals surface area contributed by atoms with Gasteiger partial charge in [-0.2, -0.15) is 0 Å². The van der Waals surface area contributed by atoms with E-state index in [1.54, 1.807) is 0 Å². The van der Waals surface area contributed by atoms with Gasteiger partial charge in [-0.25, -0.2) is 0 Å². The predicted octanol–water partition coefficient (Wildman–Crippen LogP) is 11.9. The second-order valence-corrected chi connectivity index (χ2v) is 18.0. The summed E-state index contributed by atoms with van der Waals surface area (Å²) in [7, 11) is 0. The molecule has 1 aliphatic rings. The topological polar surface area (TPSA) is 0 Å². The minimum absolute atomic E-state index is 0.0113. The number of fused-ring (bicyclic) bond motifs is 4. The Balaban J connectivity index is 2.35. The maximum absolute atomic E-state index is 4.12. The molecule has 0 bridgehead atoms. The van der Waals surface area contributed by atoms with E-state index in [9.17, 15) is 0 Å². The van der Waals surface area contributed by atoms with E-state index in [1.807, 2.05) is 0 Å². The zero-order valence-corrected chi connectivity index (χ0v) is 30.7. The highest BCUT2D eigenvalue weighted by molar-refractivity contribution is 9.10. The lowest BCUT2D eigenvalue weighted by Gasteiger charge is -2.23. The standard InChI is InChI=1S/C40H46Br2/c1-37(2,3)23-13-15-27-28-16-14-24(38(4,5)6)18-30(28)32-20-26(40(10,11)12)22-34(42)36(32)35-31(29(27)17-23)19-25(21-33(35)41)39(7,8)9/h13-22H,1-12H3/b28-27-,31-29-,32-30-,36-35-. The normalized spacial score (nSPS) is 16.9. The van der Waals surface area contributed by atoms with Crippen molar-refractivity contribution in [3.05, 3.63) is 134 Å². The molecule has 0 saturated carbocycles. The minimum atomic E-state index is 0.0113. The molecule has 0 fully saturated rings. The third-order valence-electron chi connectivity index (χ3n) is 8.80. The molecule has 0 N–H and O–H groups in total. The highest BCUT2D eigenvalue weighted by Crippen LogP contribution is 2.33. The van der Waals surface area contributed by atoms with E-state index in [-0.39, 0.29) is 21.7 Å². The van der Waals surface area contributed by atoms with Crippen molar-refractivity contribution >= 4 is 31.9 Å². The molecule has 0 nitrogen and oxygen atoms in total. The molecule has 42 heavy (non-hydrogen) atoms. The monoisotopic (exact) mass is 684 g/mol. The zero-order valence-electron chi connectivity index (χ0n) is 27.5. The molecule has 0 saturated heterocycles. The van der Waals surface area contributed by atoms with Crippen LogP contribution in [0.4, 0.5) is 0 Å². The second-order valence-electron chi connectivity index (χ2n) is 16.3. The molecule has 0 radical (unpaired) electrons. The van der Waals surface area contributed by atoms with Gasteiger partial charge in [-0.1, -0.05) is 139 Å². The lowest BCUT2D eigenvalue weighted by molar-refractivity contribution is 0.587. The molecule has 2 heteroatoms. The Hall–Kier alpha value is -2.16. The van der Waals surface area contributed by atoms with Gasteiger partial charge < -0.3 is 0 Å². The van der Waals surface area contributed by atoms with Crippen LogP contribution >= 0.6 is 31.9 Å². The van der Waals surface area contributed by atoms with Crippen LogP contribution in [-0.2, 0) is 21.7 Å². The summed E-state index contributed by atoms with van der Waals surface area (Å²) in [5.74, 6) is 0. The molecule has 4 aromatic carbocycles. The molecule has 0 amide bonds. The molecule has 5 rings (SSSR count). The van der Waals surface area contributed by atoms with E-state index in [1.165, 1.54) is 64.0 Å². The van der Waals surface area contributed by atoms with Gasteiger partial charge in [0.25, 0.3) is 0 Å². The first-order chi connectivity index (χ1) is 19.2. The summed E-state index contributed by atoms with van der Waals surface area (Å²) in [6, 6.07) is 23.9. The molecule has 4 aromatic rings. The molecule has 0 atom stereocenters. The van der Waals surface area contributed by atoms with Crippen LogP contribution in [0.3, 0.4) is 0 Å². The van der Waals surface area contributed by atoms with Gasteiger partial charge in [0.1, 0.15) is 0 Å². The third kappa shape index (κ3) is 5.59. The van der Waals surface area contributed by atoms with Crippen LogP contribution in [0.25, 0.3) is 0 Å². The molecule has 220 valence electrons. The highest BCUT2D eigenvalue weighted by Gasteiger charge is 2.21. The molecule has 0 spiro atoms. The SMILES string of the molecule is CC(C)(C)c1ccc2/c(c1)=c1/cc(C(C)(C)C)cc(Br)/c1=c1\c(Br)cc(C(C)(C)C)c\c1=c1/cc(C(C)(C)C)cc/c1=2. The lowest BCUT2D eigenvalue weighted by atomic mass is 9.83. The molecular weight excluding hydrogens is 640 g/mol. The van der Waals surface area contributed by atoms with Crippen LogP contribution in [0, 0.1) is 41.7 Å². The van der Waals surface area contributed by atoms with Crippen LogP contribution < -0.4 is 0 Å². The Labute approximate surface area is 268 Å². The summed E-state index contributed by atoms with van der Waals surface area (Å²) in [5.41, 5.74) is 5.45. The largest absolute Gasteiger partial charge is 0.0578 e. The second kappa shape index (κ2) is 10.2. The first-order valence-electron chi connectivity index (χ1n) is 15.2. The predicted molar refractivity (Wildman–Crippen MR) is 187 cm³/mol. The van der Waals surface area contributed by atoms with Crippen LogP contribution in [0.1, 0.15) is 105 Å². The van der Waals surface area contributed by atoms with Crippen molar-refractivity contribution in [2.24, 2.45) is 0 Å². The van der Waals surface area contributed by atoms with Crippen molar-refractivity contribution < 1.29 is 0 Å². The third-order valence-corrected chi connectivity index (χ3v) is 10.1. The number of benzene rings is 4. The van der Waals surface area contributed by atoms with Gasteiger partial charge in [0.2, 0.25) is 0 Å². The molecule has 0 aromatic heterocycles. The lowest BCUT2D eigenvalue weighted by Crippen LogP contribution is -2.13. The molecule has 0 aliphatic heterocycles. The van der Waals surface area contributed by atoms with E-state index in [0.29, 0.717) is 0 Å². The van der Waals surface area contributed by atoms with Gasteiger partial charge in [0, 0.05) is 19.4 Å². The average Bonchev–Trinajstić information content (AvgIpc) is 2.84. The minimum Gasteiger partial charge on any atom is -0.0578 e. The zero-order chi connectivity index (χ0) is 31.2. The first kappa shape index (κ1) is 31.3. The fourth-order valence-corrected chi connectivity index (χ4v) is 7.27. The Kier molecular flexibility index (Phi) is 7.59. The number of hydrogen-bond donors (Lipinski definition) is 0. The van der Waals surface area contributed by atoms with Crippen molar-refractivity contribution in [1.29, 1.82) is 0 Å². The van der Waals surface area contributed by atoms with Gasteiger partial charge >= 0.3 is 0 Å². The van der Waals surface area contributed by atoms with E-state index >= 15 is 0 Å². The summed E-state index contributed by atoms with van der Waals surface area (Å²) in [6.45, 7) is 27.7. The Morgan fingerprint density at radius 3 is 0.905 bits per heavy atom. The van der Waals surface area contributed by atoms with E-state index in [2.05, 4.69) is 176 Å². The smallest absolute Gasteiger partial charge is 0.0263 e. The van der Waals surface area contributed by atoms with Crippen molar-refractivity contribution in [3.63, 3.8) is 0 Å². The summed E-state index contributed by atoms with van der Waals surface area (Å²) in [5, 5.41) is 10.3. The maximum Gasteiger partial charge on any atom is 0.0263 e. The van der Waals surface area contributed by atoms with Gasteiger partial charge in [-0.05, 0) is 112 Å². The number of hydrogen-bond acceptors (Lipinski definition) is 0. The average molecular weight is 687 g/mol. The fraction of sp³-hybridized carbons (Fsp3) is 0.400. The van der Waals surface area contributed by atoms with Gasteiger partial charge in [-0.15, -0.1) is 0 Å². The van der Waals surface area contributed by atoms with Crippen molar-refractivity contribution in [1.82, 2.24) is 0 Å². The van der Waals surface area contributed by atoms with Gasteiger partial charge in [-0.3, -0.25) is 0 Å². The maximum atomic E-state index is 4.12. The summed E-state index contributed by atoms with van der Waals surface area (Å²) < 4.78 is 2.27. The number of halogens is 2. The highest BCUT2D eigenvalue weighted by atomic mass is 79.9. The van der Waals surface area contributed by atoms with E-state index < -0.39 is 0 Å². The Morgan fingerprint density at radius 1 is 0.333 bits per heavy atom. The van der Waals surface area contributed by atoms with Crippen molar-refractivity contribution in [2.45, 2.75) is 105 Å². The molecular formula is C40H46Br2. The van der Waals surface area contributed by atoms with Crippen LogP contribution in [-0.4, -0.2) is 0 Å². The van der Waals surface area contributed by atoms with Crippen molar-refractivity contribution in [3.8, 4) is 0 Å². The summed E-state index contributed by atoms with van der Waals surface area (Å²) >= 11 is 8.25. The number of rotatable bonds is 0. The van der Waals surface area contributed by atoms with Crippen molar-refractivity contribution in [2.75, 3.05) is 0 Å². The van der Waals surface area contributed by atoms with Gasteiger partial charge in [0.05, 0.1) is 0 Å². The fourth-order valence-electron chi connectivity index (χ4n) is 5.95. The summed E-state index contributed by atoms with van der Waals surface area (Å²) in [4.78, 5) is 0. The first-order valence-corrected chi connectivity index (χ1v) is 16.7. The molecule has 0 unspecified atom stereocenters. The Bertz CT molecular complexity index is 1970. The Morgan fingerprint density at radius 2 is 0.619 bits per heavy atom. The van der Waals surface area contributed by atoms with E-state index in [4.69, 9.17) is 0 Å². The van der Waals surface area contributed by atoms with Crippen LogP contribution in [0.5, 0.6) is 0 Å². The van der Waals surface area contributed by atoms with E-state index in [0.717, 1.165) is 8.95 Å². The summed E-state index contributed by atoms with van der Waals surface area (Å²) in [6.07, 6.45) is 0. The molecule has 1 aliphatic carbocycles. The molecule has 0 heterocycles. The van der Waals surface area contributed by atoms with Crippen LogP contribution in [0.2, 0.25) is 0 Å². The van der Waals surface area contributed by atoms with Gasteiger partial charge in [0.15, 0.2) is 0 Å². The van der Waals surface area contributed by atoms with Crippen LogP contribution in [0.15, 0.2) is 69.6 Å².